The molecule has 2 aromatic carbocycles. The van der Waals surface area contributed by atoms with E-state index >= 15 is 0 Å². The molecule has 3 aromatic rings. The molecule has 1 atom stereocenters. The number of aromatic nitrogens is 1. The van der Waals surface area contributed by atoms with E-state index in [-0.39, 0.29) is 36.8 Å². The van der Waals surface area contributed by atoms with Crippen LogP contribution in [0.4, 0.5) is 9.59 Å². The number of fused-ring (bicyclic) bond motifs is 3. The summed E-state index contributed by atoms with van der Waals surface area (Å²) in [6.07, 6.45) is 3.02. The molecule has 2 aliphatic carbocycles. The largest absolute Gasteiger partial charge is 0.478 e. The zero-order chi connectivity index (χ0) is 33.0. The predicted octanol–water partition coefficient (Wildman–Crippen LogP) is 7.41. The maximum Gasteiger partial charge on any atom is 0.410 e. The highest BCUT2D eigenvalue weighted by molar-refractivity contribution is 5.91. The van der Waals surface area contributed by atoms with E-state index in [4.69, 9.17) is 9.47 Å². The molecule has 244 valence electrons. The summed E-state index contributed by atoms with van der Waals surface area (Å²) in [7, 11) is 1.84. The molecule has 2 amide bonds. The molecule has 1 spiro atoms. The molecule has 1 unspecified atom stereocenters. The van der Waals surface area contributed by atoms with Crippen LogP contribution < -0.4 is 0 Å². The van der Waals surface area contributed by atoms with Crippen LogP contribution in [-0.2, 0) is 23.1 Å². The summed E-state index contributed by atoms with van der Waals surface area (Å²) < 4.78 is 14.0. The third-order valence-corrected chi connectivity index (χ3v) is 10.5. The van der Waals surface area contributed by atoms with Gasteiger partial charge >= 0.3 is 18.2 Å². The molecular formula is C37H45N3O6. The van der Waals surface area contributed by atoms with E-state index in [1.165, 1.54) is 0 Å². The smallest absolute Gasteiger partial charge is 0.410 e. The number of carboxylic acids is 1. The Morgan fingerprint density at radius 2 is 1.54 bits per heavy atom. The normalized spacial score (nSPS) is 18.5. The molecule has 1 N–H and O–H groups in total. The highest BCUT2D eigenvalue weighted by Crippen LogP contribution is 2.48. The van der Waals surface area contributed by atoms with Crippen molar-refractivity contribution in [3.63, 3.8) is 0 Å². The maximum absolute atomic E-state index is 14.5. The number of carboxylic acid groups (broad SMARTS) is 1. The van der Waals surface area contributed by atoms with E-state index in [0.717, 1.165) is 53.6 Å². The fourth-order valence-electron chi connectivity index (χ4n) is 8.20. The van der Waals surface area contributed by atoms with Crippen molar-refractivity contribution >= 4 is 18.2 Å². The molecule has 2 fully saturated rings. The Morgan fingerprint density at radius 1 is 0.957 bits per heavy atom. The number of aromatic carboxylic acids is 1. The van der Waals surface area contributed by atoms with Gasteiger partial charge in [0.15, 0.2) is 0 Å². The van der Waals surface area contributed by atoms with E-state index < -0.39 is 23.2 Å². The van der Waals surface area contributed by atoms with Gasteiger partial charge in [-0.05, 0) is 76.1 Å². The third-order valence-electron chi connectivity index (χ3n) is 10.5. The van der Waals surface area contributed by atoms with Crippen molar-refractivity contribution in [2.75, 3.05) is 13.2 Å². The number of hydrogen-bond donors (Lipinski definition) is 1. The number of ether oxygens (including phenoxy) is 2. The van der Waals surface area contributed by atoms with Crippen molar-refractivity contribution in [2.45, 2.75) is 96.4 Å². The molecule has 0 bridgehead atoms. The number of rotatable bonds is 6. The Morgan fingerprint density at radius 3 is 2.11 bits per heavy atom. The minimum atomic E-state index is -1.03. The van der Waals surface area contributed by atoms with Crippen LogP contribution in [0, 0.1) is 13.8 Å². The monoisotopic (exact) mass is 627 g/mol. The van der Waals surface area contributed by atoms with Crippen LogP contribution in [0.2, 0.25) is 0 Å². The number of carbonyl (C=O) groups excluding carboxylic acids is 2. The third kappa shape index (κ3) is 5.33. The molecular weight excluding hydrogens is 582 g/mol. The van der Waals surface area contributed by atoms with Gasteiger partial charge in [0.25, 0.3) is 0 Å². The van der Waals surface area contributed by atoms with E-state index in [2.05, 4.69) is 24.3 Å². The summed E-state index contributed by atoms with van der Waals surface area (Å²) in [5.74, 6) is -1.14. The fourth-order valence-corrected chi connectivity index (χ4v) is 8.20. The summed E-state index contributed by atoms with van der Waals surface area (Å²) in [5.41, 5.74) is 5.47. The molecule has 2 heterocycles. The first-order valence-corrected chi connectivity index (χ1v) is 16.3. The first-order valence-electron chi connectivity index (χ1n) is 16.3. The average Bonchev–Trinajstić information content (AvgIpc) is 3.76. The Labute approximate surface area is 271 Å². The Hall–Kier alpha value is -4.27. The van der Waals surface area contributed by atoms with Gasteiger partial charge in [0.1, 0.15) is 12.2 Å². The van der Waals surface area contributed by atoms with Crippen LogP contribution in [-0.4, -0.2) is 68.0 Å². The van der Waals surface area contributed by atoms with Crippen LogP contribution in [0.5, 0.6) is 0 Å². The molecule has 1 aromatic heterocycles. The van der Waals surface area contributed by atoms with Crippen molar-refractivity contribution < 1.29 is 29.0 Å². The molecule has 1 saturated carbocycles. The summed E-state index contributed by atoms with van der Waals surface area (Å²) in [4.78, 5) is 44.1. The molecule has 3 aliphatic rings. The van der Waals surface area contributed by atoms with Gasteiger partial charge in [-0.1, -0.05) is 61.4 Å². The van der Waals surface area contributed by atoms with E-state index in [9.17, 15) is 19.5 Å². The molecule has 9 nitrogen and oxygen atoms in total. The van der Waals surface area contributed by atoms with Gasteiger partial charge in [-0.15, -0.1) is 0 Å². The second-order valence-electron chi connectivity index (χ2n) is 14.1. The Balaban J connectivity index is 1.36. The molecule has 46 heavy (non-hydrogen) atoms. The summed E-state index contributed by atoms with van der Waals surface area (Å²) >= 11 is 0. The van der Waals surface area contributed by atoms with E-state index in [1.54, 1.807) is 11.8 Å². The predicted molar refractivity (Wildman–Crippen MR) is 175 cm³/mol. The first-order chi connectivity index (χ1) is 21.8. The van der Waals surface area contributed by atoms with E-state index in [1.807, 2.05) is 68.5 Å². The number of nitrogens with zero attached hydrogens (tertiary/aromatic N) is 3. The lowest BCUT2D eigenvalue weighted by molar-refractivity contribution is -0.00597. The van der Waals surface area contributed by atoms with Crippen molar-refractivity contribution in [2.24, 2.45) is 7.05 Å². The molecule has 1 aliphatic heterocycles. The summed E-state index contributed by atoms with van der Waals surface area (Å²) in [6.45, 7) is 9.92. The first kappa shape index (κ1) is 31.7. The molecule has 1 saturated heterocycles. The molecule has 6 rings (SSSR count). The summed E-state index contributed by atoms with van der Waals surface area (Å²) in [6, 6.07) is 16.1. The minimum Gasteiger partial charge on any atom is -0.478 e. The maximum atomic E-state index is 14.5. The second kappa shape index (κ2) is 11.8. The van der Waals surface area contributed by atoms with Crippen molar-refractivity contribution in [1.82, 2.24) is 14.4 Å². The second-order valence-corrected chi connectivity index (χ2v) is 14.1. The molecule has 9 heteroatoms. The van der Waals surface area contributed by atoms with Crippen LogP contribution in [0.1, 0.15) is 97.2 Å². The van der Waals surface area contributed by atoms with Crippen molar-refractivity contribution in [1.29, 1.82) is 0 Å². The lowest BCUT2D eigenvalue weighted by Crippen LogP contribution is -2.58. The van der Waals surface area contributed by atoms with Gasteiger partial charge in [0.05, 0.1) is 23.7 Å². The van der Waals surface area contributed by atoms with Crippen LogP contribution in [0.15, 0.2) is 48.5 Å². The zero-order valence-corrected chi connectivity index (χ0v) is 27.8. The van der Waals surface area contributed by atoms with Gasteiger partial charge in [-0.3, -0.25) is 4.90 Å². The number of carbonyl (C=O) groups is 3. The van der Waals surface area contributed by atoms with Crippen molar-refractivity contribution in [3.8, 4) is 11.1 Å². The van der Waals surface area contributed by atoms with Crippen LogP contribution >= 0.6 is 0 Å². The van der Waals surface area contributed by atoms with Crippen LogP contribution in [0.3, 0.4) is 0 Å². The SMILES string of the molecule is Cc1c(CN(C(=O)OCC2c3ccccc3-c3ccccc32)C2CCN(C(=O)OC(C)(C)C)C23CCCC3)c(C(=O)O)c(C)n1C. The number of likely N-dealkylation sites (tertiary alicyclic amines) is 1. The highest BCUT2D eigenvalue weighted by atomic mass is 16.6. The quantitative estimate of drug-likeness (QED) is 0.305. The lowest BCUT2D eigenvalue weighted by atomic mass is 9.87. The number of hydrogen-bond acceptors (Lipinski definition) is 5. The standard InChI is InChI=1S/C37H45N3O6/c1-23-29(32(33(41)42)24(2)38(23)6)21-39(31-17-20-40(35(44)46-36(3,4)5)37(31)18-11-12-19-37)34(43)45-22-30-27-15-9-7-13-25(27)26-14-8-10-16-28(26)30/h7-10,13-16,30-31H,11-12,17-22H2,1-6H3,(H,41,42). The van der Waals surface area contributed by atoms with Gasteiger partial charge in [0.2, 0.25) is 0 Å². The van der Waals surface area contributed by atoms with Crippen LogP contribution in [0.25, 0.3) is 11.1 Å². The van der Waals surface area contributed by atoms with Crippen molar-refractivity contribution in [3.05, 3.63) is 82.2 Å². The Bertz CT molecular complexity index is 1630. The lowest BCUT2D eigenvalue weighted by Gasteiger charge is -2.43. The van der Waals surface area contributed by atoms with Gasteiger partial charge in [-0.25, -0.2) is 14.4 Å². The number of amides is 2. The topological polar surface area (TPSA) is 101 Å². The van der Waals surface area contributed by atoms with Gasteiger partial charge < -0.3 is 24.0 Å². The van der Waals surface area contributed by atoms with E-state index in [0.29, 0.717) is 24.2 Å². The minimum absolute atomic E-state index is 0.0698. The van der Waals surface area contributed by atoms with Gasteiger partial charge in [0, 0.05) is 36.5 Å². The molecule has 0 radical (unpaired) electrons. The number of benzene rings is 2. The van der Waals surface area contributed by atoms with Gasteiger partial charge in [-0.2, -0.15) is 0 Å². The Kier molecular flexibility index (Phi) is 8.15. The zero-order valence-electron chi connectivity index (χ0n) is 27.8. The highest BCUT2D eigenvalue weighted by Gasteiger charge is 2.56. The average molecular weight is 628 g/mol. The fraction of sp³-hybridized carbons (Fsp3) is 0.486. The summed E-state index contributed by atoms with van der Waals surface area (Å²) in [5, 5.41) is 10.2.